The van der Waals surface area contributed by atoms with E-state index in [4.69, 9.17) is 10.00 Å². The maximum absolute atomic E-state index is 8.84. The standard InChI is InChI=1S/C21H22N6O/c1-27-14-18(11-26-27)17-8-20-21(25-10-17)28-19(13-24-20)12-23-7-6-15-2-4-16(9-22)5-3-15/h2-5,8,10-11,14,19,23-24H,6-7,12-13H2,1H3. The molecule has 0 amide bonds. The Balaban J connectivity index is 1.27. The van der Waals surface area contributed by atoms with E-state index >= 15 is 0 Å². The second kappa shape index (κ2) is 8.11. The minimum Gasteiger partial charge on any atom is -0.470 e. The largest absolute Gasteiger partial charge is 0.470 e. The molecule has 2 aromatic heterocycles. The molecular formula is C21H22N6O. The average Bonchev–Trinajstić information content (AvgIpc) is 3.17. The molecule has 0 spiro atoms. The number of pyridine rings is 1. The maximum atomic E-state index is 8.84. The van der Waals surface area contributed by atoms with Crippen molar-refractivity contribution in [1.82, 2.24) is 20.1 Å². The van der Waals surface area contributed by atoms with Gasteiger partial charge in [-0.15, -0.1) is 0 Å². The third kappa shape index (κ3) is 4.13. The fraction of sp³-hybridized carbons (Fsp3) is 0.286. The van der Waals surface area contributed by atoms with E-state index in [-0.39, 0.29) is 6.10 Å². The zero-order chi connectivity index (χ0) is 19.3. The lowest BCUT2D eigenvalue weighted by atomic mass is 10.1. The number of nitriles is 1. The molecule has 0 saturated carbocycles. The monoisotopic (exact) mass is 374 g/mol. The van der Waals surface area contributed by atoms with Gasteiger partial charge in [-0.05, 0) is 36.7 Å². The van der Waals surface area contributed by atoms with Crippen molar-refractivity contribution in [2.24, 2.45) is 7.05 Å². The zero-order valence-electron chi connectivity index (χ0n) is 15.7. The minimum absolute atomic E-state index is 0.0326. The number of rotatable bonds is 6. The summed E-state index contributed by atoms with van der Waals surface area (Å²) in [6.07, 6.45) is 6.56. The van der Waals surface area contributed by atoms with Crippen LogP contribution >= 0.6 is 0 Å². The van der Waals surface area contributed by atoms with Gasteiger partial charge >= 0.3 is 0 Å². The van der Waals surface area contributed by atoms with Crippen molar-refractivity contribution in [3.8, 4) is 23.1 Å². The summed E-state index contributed by atoms with van der Waals surface area (Å²) in [4.78, 5) is 4.47. The molecule has 0 fully saturated rings. The summed E-state index contributed by atoms with van der Waals surface area (Å²) in [5.74, 6) is 0.637. The first-order valence-electron chi connectivity index (χ1n) is 9.30. The molecule has 0 radical (unpaired) electrons. The Morgan fingerprint density at radius 1 is 1.29 bits per heavy atom. The third-order valence-corrected chi connectivity index (χ3v) is 4.73. The van der Waals surface area contributed by atoms with Crippen LogP contribution in [0.15, 0.2) is 48.9 Å². The number of nitrogens with zero attached hydrogens (tertiary/aromatic N) is 4. The van der Waals surface area contributed by atoms with Crippen molar-refractivity contribution in [3.63, 3.8) is 0 Å². The molecule has 4 rings (SSSR count). The smallest absolute Gasteiger partial charge is 0.237 e. The highest BCUT2D eigenvalue weighted by atomic mass is 16.5. The van der Waals surface area contributed by atoms with E-state index in [2.05, 4.69) is 26.8 Å². The Kier molecular flexibility index (Phi) is 5.22. The van der Waals surface area contributed by atoms with Crippen molar-refractivity contribution in [1.29, 1.82) is 5.26 Å². The quantitative estimate of drug-likeness (QED) is 0.644. The predicted molar refractivity (Wildman–Crippen MR) is 107 cm³/mol. The van der Waals surface area contributed by atoms with E-state index in [1.54, 1.807) is 4.68 Å². The summed E-state index contributed by atoms with van der Waals surface area (Å²) in [6, 6.07) is 11.9. The summed E-state index contributed by atoms with van der Waals surface area (Å²) in [5, 5.41) is 19.9. The van der Waals surface area contributed by atoms with Crippen LogP contribution in [0.1, 0.15) is 11.1 Å². The lowest BCUT2D eigenvalue weighted by molar-refractivity contribution is 0.194. The van der Waals surface area contributed by atoms with E-state index in [1.165, 1.54) is 5.56 Å². The van der Waals surface area contributed by atoms with Gasteiger partial charge in [0.2, 0.25) is 5.88 Å². The number of anilines is 1. The molecule has 28 heavy (non-hydrogen) atoms. The third-order valence-electron chi connectivity index (χ3n) is 4.73. The number of fused-ring (bicyclic) bond motifs is 1. The molecule has 3 heterocycles. The zero-order valence-corrected chi connectivity index (χ0v) is 15.7. The summed E-state index contributed by atoms with van der Waals surface area (Å²) < 4.78 is 7.79. The van der Waals surface area contributed by atoms with Gasteiger partial charge in [-0.3, -0.25) is 4.68 Å². The molecular weight excluding hydrogens is 352 g/mol. The molecule has 2 N–H and O–H groups in total. The van der Waals surface area contributed by atoms with Crippen molar-refractivity contribution in [2.45, 2.75) is 12.5 Å². The molecule has 7 heteroatoms. The van der Waals surface area contributed by atoms with Crippen molar-refractivity contribution >= 4 is 5.69 Å². The Labute approximate surface area is 164 Å². The van der Waals surface area contributed by atoms with E-state index < -0.39 is 0 Å². The second-order valence-electron chi connectivity index (χ2n) is 6.86. The van der Waals surface area contributed by atoms with Gasteiger partial charge in [-0.1, -0.05) is 12.1 Å². The normalized spacial score (nSPS) is 15.2. The topological polar surface area (TPSA) is 87.8 Å². The van der Waals surface area contributed by atoms with Crippen molar-refractivity contribution < 1.29 is 4.74 Å². The summed E-state index contributed by atoms with van der Waals surface area (Å²) in [7, 11) is 1.90. The lowest BCUT2D eigenvalue weighted by Crippen LogP contribution is -2.40. The van der Waals surface area contributed by atoms with Crippen LogP contribution in [0.3, 0.4) is 0 Å². The Morgan fingerprint density at radius 3 is 2.89 bits per heavy atom. The molecule has 0 bridgehead atoms. The fourth-order valence-electron chi connectivity index (χ4n) is 3.18. The molecule has 1 atom stereocenters. The van der Waals surface area contributed by atoms with Crippen molar-refractivity contribution in [3.05, 3.63) is 60.0 Å². The first kappa shape index (κ1) is 18.0. The molecule has 0 aliphatic carbocycles. The van der Waals surface area contributed by atoms with Crippen LogP contribution in [0.25, 0.3) is 11.1 Å². The first-order valence-corrected chi connectivity index (χ1v) is 9.30. The number of hydrogen-bond acceptors (Lipinski definition) is 6. The molecule has 7 nitrogen and oxygen atoms in total. The van der Waals surface area contributed by atoms with Crippen LogP contribution in [-0.4, -0.2) is 40.5 Å². The Bertz CT molecular complexity index is 989. The van der Waals surface area contributed by atoms with Crippen LogP contribution in [0.2, 0.25) is 0 Å². The summed E-state index contributed by atoms with van der Waals surface area (Å²) in [6.45, 7) is 2.33. The van der Waals surface area contributed by atoms with E-state index in [0.717, 1.165) is 42.9 Å². The molecule has 1 unspecified atom stereocenters. The van der Waals surface area contributed by atoms with Gasteiger partial charge in [0, 0.05) is 37.1 Å². The lowest BCUT2D eigenvalue weighted by Gasteiger charge is -2.27. The average molecular weight is 374 g/mol. The van der Waals surface area contributed by atoms with Crippen LogP contribution < -0.4 is 15.4 Å². The van der Waals surface area contributed by atoms with Gasteiger partial charge in [0.1, 0.15) is 6.10 Å². The molecule has 0 saturated heterocycles. The molecule has 1 aliphatic heterocycles. The van der Waals surface area contributed by atoms with Gasteiger partial charge in [-0.25, -0.2) is 4.98 Å². The van der Waals surface area contributed by atoms with Crippen molar-refractivity contribution in [2.75, 3.05) is 25.0 Å². The molecule has 1 aromatic carbocycles. The number of nitrogens with one attached hydrogen (secondary N) is 2. The summed E-state index contributed by atoms with van der Waals surface area (Å²) >= 11 is 0. The number of aromatic nitrogens is 3. The Morgan fingerprint density at radius 2 is 2.14 bits per heavy atom. The van der Waals surface area contributed by atoms with Crippen LogP contribution in [0, 0.1) is 11.3 Å². The van der Waals surface area contributed by atoms with Crippen LogP contribution in [-0.2, 0) is 13.5 Å². The number of benzene rings is 1. The number of hydrogen-bond donors (Lipinski definition) is 2. The highest BCUT2D eigenvalue weighted by molar-refractivity contribution is 5.69. The SMILES string of the molecule is Cn1cc(-c2cnc3c(c2)NCC(CNCCc2ccc(C#N)cc2)O3)cn1. The highest BCUT2D eigenvalue weighted by Crippen LogP contribution is 2.30. The maximum Gasteiger partial charge on any atom is 0.237 e. The number of ether oxygens (including phenoxy) is 1. The van der Waals surface area contributed by atoms with E-state index in [0.29, 0.717) is 11.4 Å². The van der Waals surface area contributed by atoms with Crippen LogP contribution in [0.4, 0.5) is 5.69 Å². The number of aryl methyl sites for hydroxylation is 1. The van der Waals surface area contributed by atoms with Gasteiger partial charge in [0.05, 0.1) is 30.1 Å². The summed E-state index contributed by atoms with van der Waals surface area (Å²) in [5.41, 5.74) is 4.86. The molecule has 142 valence electrons. The van der Waals surface area contributed by atoms with E-state index in [9.17, 15) is 0 Å². The predicted octanol–water partition coefficient (Wildman–Crippen LogP) is 2.36. The fourth-order valence-corrected chi connectivity index (χ4v) is 3.18. The van der Waals surface area contributed by atoms with Crippen LogP contribution in [0.5, 0.6) is 5.88 Å². The highest BCUT2D eigenvalue weighted by Gasteiger charge is 2.20. The van der Waals surface area contributed by atoms with Gasteiger partial charge in [0.25, 0.3) is 0 Å². The first-order chi connectivity index (χ1) is 13.7. The van der Waals surface area contributed by atoms with Gasteiger partial charge in [0.15, 0.2) is 0 Å². The van der Waals surface area contributed by atoms with E-state index in [1.807, 2.05) is 56.0 Å². The molecule has 3 aromatic rings. The van der Waals surface area contributed by atoms with Gasteiger partial charge < -0.3 is 15.4 Å². The van der Waals surface area contributed by atoms with Gasteiger partial charge in [-0.2, -0.15) is 10.4 Å². The molecule has 1 aliphatic rings. The Hall–Kier alpha value is -3.37. The minimum atomic E-state index is 0.0326. The second-order valence-corrected chi connectivity index (χ2v) is 6.86.